The van der Waals surface area contributed by atoms with Crippen molar-refractivity contribution >= 4 is 22.4 Å². The molecule has 11 heteroatoms. The van der Waals surface area contributed by atoms with Crippen LogP contribution in [0.1, 0.15) is 5.56 Å². The van der Waals surface area contributed by atoms with Gasteiger partial charge in [0.2, 0.25) is 0 Å². The Morgan fingerprint density at radius 1 is 0.780 bits per heavy atom. The average Bonchev–Trinajstić information content (AvgIpc) is 3.47. The normalized spacial score (nSPS) is 11.0. The zero-order valence-corrected chi connectivity index (χ0v) is 23.2. The summed E-state index contributed by atoms with van der Waals surface area (Å²) in [6.45, 7) is 2.21. The van der Waals surface area contributed by atoms with Crippen molar-refractivity contribution in [2.45, 2.75) is 6.54 Å². The smallest absolute Gasteiger partial charge is 0.163 e. The van der Waals surface area contributed by atoms with Gasteiger partial charge in [0.15, 0.2) is 11.5 Å². The lowest BCUT2D eigenvalue weighted by Crippen LogP contribution is -2.09. The number of fused-ring (bicyclic) bond motifs is 1. The summed E-state index contributed by atoms with van der Waals surface area (Å²) in [6.07, 6.45) is 3.43. The first-order valence-electron chi connectivity index (χ1n) is 13.1. The molecule has 0 aliphatic heterocycles. The van der Waals surface area contributed by atoms with Crippen molar-refractivity contribution in [2.75, 3.05) is 53.1 Å². The van der Waals surface area contributed by atoms with E-state index in [1.165, 1.54) is 6.33 Å². The molecule has 0 saturated carbocycles. The number of aromatic nitrogens is 5. The van der Waals surface area contributed by atoms with Gasteiger partial charge < -0.3 is 29.0 Å². The van der Waals surface area contributed by atoms with Crippen LogP contribution in [0, 0.1) is 0 Å². The molecule has 11 nitrogen and oxygen atoms in total. The van der Waals surface area contributed by atoms with E-state index in [1.807, 2.05) is 66.9 Å². The maximum Gasteiger partial charge on any atom is 0.163 e. The van der Waals surface area contributed by atoms with E-state index in [0.717, 1.165) is 33.6 Å². The number of nitrogens with one attached hydrogen (secondary N) is 1. The van der Waals surface area contributed by atoms with Crippen LogP contribution in [0.3, 0.4) is 0 Å². The molecule has 5 aromatic rings. The summed E-state index contributed by atoms with van der Waals surface area (Å²) in [4.78, 5) is 8.96. The van der Waals surface area contributed by atoms with Crippen molar-refractivity contribution in [3.8, 4) is 28.5 Å². The minimum atomic E-state index is 0.374. The Bertz CT molecular complexity index is 1590. The summed E-state index contributed by atoms with van der Waals surface area (Å²) < 4.78 is 29.4. The Hall–Kier alpha value is -4.74. The zero-order valence-electron chi connectivity index (χ0n) is 23.2. The van der Waals surface area contributed by atoms with Crippen LogP contribution in [0.5, 0.6) is 17.2 Å². The Kier molecular flexibility index (Phi) is 9.19. The molecule has 0 fully saturated rings. The maximum atomic E-state index is 5.96. The summed E-state index contributed by atoms with van der Waals surface area (Å²) >= 11 is 0. The highest BCUT2D eigenvalue weighted by atomic mass is 16.5. The molecule has 1 N–H and O–H groups in total. The van der Waals surface area contributed by atoms with Crippen LogP contribution in [0.4, 0.5) is 11.5 Å². The van der Waals surface area contributed by atoms with Crippen molar-refractivity contribution < 1.29 is 23.7 Å². The van der Waals surface area contributed by atoms with E-state index in [-0.39, 0.29) is 0 Å². The molecule has 3 aromatic carbocycles. The third-order valence-electron chi connectivity index (χ3n) is 6.28. The van der Waals surface area contributed by atoms with Crippen LogP contribution >= 0.6 is 0 Å². The molecule has 0 amide bonds. The lowest BCUT2D eigenvalue weighted by Gasteiger charge is -2.15. The largest absolute Gasteiger partial charge is 0.496 e. The van der Waals surface area contributed by atoms with Gasteiger partial charge in [-0.1, -0.05) is 35.5 Å². The summed E-state index contributed by atoms with van der Waals surface area (Å²) in [6, 6.07) is 19.5. The molecule has 0 unspecified atom stereocenters. The molecule has 2 aromatic heterocycles. The molecule has 212 valence electrons. The highest BCUT2D eigenvalue weighted by Gasteiger charge is 2.14. The van der Waals surface area contributed by atoms with Crippen LogP contribution in [0.25, 0.3) is 22.2 Å². The number of hydrogen-bond donors (Lipinski definition) is 1. The highest BCUT2D eigenvalue weighted by Crippen LogP contribution is 2.35. The molecule has 0 atom stereocenters. The molecule has 0 radical (unpaired) electrons. The maximum absolute atomic E-state index is 5.96. The van der Waals surface area contributed by atoms with Crippen LogP contribution in [0.2, 0.25) is 0 Å². The summed E-state index contributed by atoms with van der Waals surface area (Å²) in [7, 11) is 4.92. The van der Waals surface area contributed by atoms with E-state index in [2.05, 4.69) is 25.6 Å². The monoisotopic (exact) mass is 556 g/mol. The minimum Gasteiger partial charge on any atom is -0.496 e. The second-order valence-corrected chi connectivity index (χ2v) is 9.04. The van der Waals surface area contributed by atoms with Crippen molar-refractivity contribution in [3.05, 3.63) is 78.8 Å². The summed E-state index contributed by atoms with van der Waals surface area (Å²) in [5, 5.41) is 12.9. The van der Waals surface area contributed by atoms with Gasteiger partial charge in [-0.2, -0.15) is 0 Å². The van der Waals surface area contributed by atoms with Gasteiger partial charge in [-0.3, -0.25) is 0 Å². The number of anilines is 2. The number of ether oxygens (including phenoxy) is 5. The molecular formula is C30H32N6O5. The highest BCUT2D eigenvalue weighted by molar-refractivity contribution is 5.93. The van der Waals surface area contributed by atoms with E-state index in [4.69, 9.17) is 23.7 Å². The van der Waals surface area contributed by atoms with Gasteiger partial charge in [0.25, 0.3) is 0 Å². The van der Waals surface area contributed by atoms with Crippen molar-refractivity contribution in [3.63, 3.8) is 0 Å². The van der Waals surface area contributed by atoms with Gasteiger partial charge in [0.05, 0.1) is 38.6 Å². The van der Waals surface area contributed by atoms with Crippen molar-refractivity contribution in [2.24, 2.45) is 0 Å². The number of benzene rings is 3. The lowest BCUT2D eigenvalue weighted by molar-refractivity contribution is 0.132. The van der Waals surface area contributed by atoms with Gasteiger partial charge in [-0.05, 0) is 24.3 Å². The molecule has 5 rings (SSSR count). The van der Waals surface area contributed by atoms with E-state index < -0.39 is 0 Å². The van der Waals surface area contributed by atoms with E-state index in [1.54, 1.807) is 26.0 Å². The van der Waals surface area contributed by atoms with Gasteiger partial charge in [-0.15, -0.1) is 5.10 Å². The molecule has 41 heavy (non-hydrogen) atoms. The average molecular weight is 557 g/mol. The first-order valence-corrected chi connectivity index (χ1v) is 13.1. The second-order valence-electron chi connectivity index (χ2n) is 9.04. The Balaban J connectivity index is 1.38. The number of para-hydroxylation sites is 1. The molecule has 0 aliphatic rings. The van der Waals surface area contributed by atoms with E-state index in [9.17, 15) is 0 Å². The fourth-order valence-electron chi connectivity index (χ4n) is 4.27. The summed E-state index contributed by atoms with van der Waals surface area (Å²) in [5.74, 6) is 2.60. The van der Waals surface area contributed by atoms with Crippen molar-refractivity contribution in [1.29, 1.82) is 0 Å². The third kappa shape index (κ3) is 6.89. The molecule has 2 heterocycles. The van der Waals surface area contributed by atoms with E-state index in [0.29, 0.717) is 55.8 Å². The van der Waals surface area contributed by atoms with Gasteiger partial charge in [0.1, 0.15) is 36.8 Å². The minimum absolute atomic E-state index is 0.374. The topological polar surface area (TPSA) is 115 Å². The number of rotatable bonds is 14. The zero-order chi connectivity index (χ0) is 28.4. The molecule has 0 bridgehead atoms. The first kappa shape index (κ1) is 27.8. The first-order chi connectivity index (χ1) is 20.2. The number of methoxy groups -OCH3 is 3. The Morgan fingerprint density at radius 2 is 1.56 bits per heavy atom. The van der Waals surface area contributed by atoms with Crippen LogP contribution in [0.15, 0.2) is 73.2 Å². The second kappa shape index (κ2) is 13.6. The predicted molar refractivity (Wildman–Crippen MR) is 155 cm³/mol. The Morgan fingerprint density at radius 3 is 2.34 bits per heavy atom. The molecule has 0 aliphatic carbocycles. The molecule has 0 saturated heterocycles. The lowest BCUT2D eigenvalue weighted by atomic mass is 10.1. The van der Waals surface area contributed by atoms with Crippen LogP contribution < -0.4 is 19.5 Å². The van der Waals surface area contributed by atoms with Crippen molar-refractivity contribution in [1.82, 2.24) is 25.0 Å². The third-order valence-corrected chi connectivity index (χ3v) is 6.28. The van der Waals surface area contributed by atoms with Crippen LogP contribution in [-0.2, 0) is 16.0 Å². The van der Waals surface area contributed by atoms with Gasteiger partial charge >= 0.3 is 0 Å². The van der Waals surface area contributed by atoms with Gasteiger partial charge in [-0.25, -0.2) is 14.6 Å². The standard InChI is InChI=1S/C30H32N6O5/c1-37-11-13-40-28-16-24-25(17-29(28)41-14-12-38-2)31-20-32-30(24)33-23-9-6-8-21(15-23)26-19-36(35-34-26)18-22-7-4-5-10-27(22)39-3/h4-10,15-17,19-20H,11-14,18H2,1-3H3,(H,31,32,33). The predicted octanol–water partition coefficient (Wildman–Crippen LogP) is 4.74. The SMILES string of the molecule is COCCOc1cc2ncnc(Nc3cccc(-c4cn(Cc5ccccc5OC)nn4)c3)c2cc1OCCOC. The van der Waals surface area contributed by atoms with Crippen LogP contribution in [-0.4, -0.2) is 72.7 Å². The number of hydrogen-bond acceptors (Lipinski definition) is 10. The van der Waals surface area contributed by atoms with Gasteiger partial charge in [0, 0.05) is 42.5 Å². The molecular weight excluding hydrogens is 524 g/mol. The Labute approximate surface area is 238 Å². The fraction of sp³-hybridized carbons (Fsp3) is 0.267. The molecule has 0 spiro atoms. The fourth-order valence-corrected chi connectivity index (χ4v) is 4.27. The summed E-state index contributed by atoms with van der Waals surface area (Å²) in [5.41, 5.74) is 4.24. The van der Waals surface area contributed by atoms with E-state index >= 15 is 0 Å². The number of nitrogens with zero attached hydrogens (tertiary/aromatic N) is 5. The quantitative estimate of drug-likeness (QED) is 0.192.